The van der Waals surface area contributed by atoms with Gasteiger partial charge in [0.05, 0.1) is 0 Å². The molecule has 0 radical (unpaired) electrons. The highest BCUT2D eigenvalue weighted by atomic mass is 16.5. The zero-order valence-electron chi connectivity index (χ0n) is 14.3. The first-order valence-electron chi connectivity index (χ1n) is 8.09. The van der Waals surface area contributed by atoms with Crippen LogP contribution < -0.4 is 10.1 Å². The van der Waals surface area contributed by atoms with Gasteiger partial charge in [0.25, 0.3) is 5.91 Å². The quantitative estimate of drug-likeness (QED) is 0.819. The van der Waals surface area contributed by atoms with Crippen LogP contribution in [0.1, 0.15) is 50.7 Å². The molecule has 0 bridgehead atoms. The van der Waals surface area contributed by atoms with Gasteiger partial charge in [0.2, 0.25) is 0 Å². The molecule has 0 aliphatic rings. The molecule has 23 heavy (non-hydrogen) atoms. The molecule has 1 amide bonds. The molecule has 3 nitrogen and oxygen atoms in total. The van der Waals surface area contributed by atoms with Gasteiger partial charge in [-0.05, 0) is 41.2 Å². The third kappa shape index (κ3) is 4.85. The predicted molar refractivity (Wildman–Crippen MR) is 95.2 cm³/mol. The lowest BCUT2D eigenvalue weighted by Gasteiger charge is -2.14. The summed E-state index contributed by atoms with van der Waals surface area (Å²) < 4.78 is 5.56. The van der Waals surface area contributed by atoms with E-state index in [0.29, 0.717) is 17.6 Å². The number of para-hydroxylation sites is 1. The van der Waals surface area contributed by atoms with Crippen molar-refractivity contribution in [1.82, 2.24) is 0 Å². The smallest absolute Gasteiger partial charge is 0.262 e. The molecule has 0 fully saturated rings. The molecule has 0 atom stereocenters. The third-order valence-corrected chi connectivity index (χ3v) is 3.77. The minimum atomic E-state index is -0.147. The van der Waals surface area contributed by atoms with Crippen LogP contribution in [0.5, 0.6) is 5.75 Å². The van der Waals surface area contributed by atoms with Crippen LogP contribution in [-0.2, 0) is 4.79 Å². The minimum absolute atomic E-state index is 0.00740. The maximum absolute atomic E-state index is 12.1. The van der Waals surface area contributed by atoms with Crippen molar-refractivity contribution >= 4 is 11.6 Å². The lowest BCUT2D eigenvalue weighted by atomic mass is 10.0. The van der Waals surface area contributed by atoms with Gasteiger partial charge in [0.15, 0.2) is 6.61 Å². The van der Waals surface area contributed by atoms with E-state index in [1.807, 2.05) is 48.5 Å². The molecule has 2 aromatic rings. The van der Waals surface area contributed by atoms with Gasteiger partial charge in [0.1, 0.15) is 5.75 Å². The van der Waals surface area contributed by atoms with Gasteiger partial charge in [-0.1, -0.05) is 58.0 Å². The summed E-state index contributed by atoms with van der Waals surface area (Å²) in [4.78, 5) is 12.1. The highest BCUT2D eigenvalue weighted by molar-refractivity contribution is 5.92. The molecule has 0 saturated heterocycles. The Labute approximate surface area is 138 Å². The number of carbonyl (C=O) groups excluding carboxylic acids is 1. The van der Waals surface area contributed by atoms with Crippen LogP contribution in [0.15, 0.2) is 48.5 Å². The number of ether oxygens (including phenoxy) is 1. The molecule has 0 saturated carbocycles. The molecule has 122 valence electrons. The maximum atomic E-state index is 12.1. The Kier molecular flexibility index (Phi) is 5.80. The Morgan fingerprint density at radius 3 is 2.22 bits per heavy atom. The van der Waals surface area contributed by atoms with Crippen LogP contribution in [0.2, 0.25) is 0 Å². The number of carbonyl (C=O) groups is 1. The van der Waals surface area contributed by atoms with Crippen molar-refractivity contribution in [3.8, 4) is 5.75 Å². The summed E-state index contributed by atoms with van der Waals surface area (Å²) >= 11 is 0. The number of hydrogen-bond donors (Lipinski definition) is 1. The molecule has 0 aromatic heterocycles. The van der Waals surface area contributed by atoms with E-state index in [4.69, 9.17) is 4.74 Å². The van der Waals surface area contributed by atoms with E-state index in [9.17, 15) is 4.79 Å². The second kappa shape index (κ2) is 7.82. The largest absolute Gasteiger partial charge is 0.484 e. The fourth-order valence-corrected chi connectivity index (χ4v) is 2.40. The first-order chi connectivity index (χ1) is 11.0. The summed E-state index contributed by atoms with van der Waals surface area (Å²) in [7, 11) is 0. The Morgan fingerprint density at radius 2 is 1.61 bits per heavy atom. The fourth-order valence-electron chi connectivity index (χ4n) is 2.40. The number of nitrogens with one attached hydrogen (secondary N) is 1. The topological polar surface area (TPSA) is 38.3 Å². The molecular formula is C20H25NO2. The van der Waals surface area contributed by atoms with Crippen LogP contribution in [0.3, 0.4) is 0 Å². The van der Waals surface area contributed by atoms with E-state index in [1.165, 1.54) is 5.56 Å². The number of anilines is 1. The number of amides is 1. The SMILES string of the molecule is CC(C)c1ccc(OCC(=O)Nc2ccccc2C(C)C)cc1. The first kappa shape index (κ1) is 17.1. The zero-order chi connectivity index (χ0) is 16.8. The zero-order valence-corrected chi connectivity index (χ0v) is 14.3. The van der Waals surface area contributed by atoms with Crippen LogP contribution >= 0.6 is 0 Å². The Bertz CT molecular complexity index is 645. The van der Waals surface area contributed by atoms with Crippen LogP contribution in [-0.4, -0.2) is 12.5 Å². The fraction of sp³-hybridized carbons (Fsp3) is 0.350. The van der Waals surface area contributed by atoms with Gasteiger partial charge in [-0.25, -0.2) is 0 Å². The summed E-state index contributed by atoms with van der Waals surface area (Å²) in [5, 5.41) is 2.93. The van der Waals surface area contributed by atoms with Crippen LogP contribution in [0, 0.1) is 0 Å². The van der Waals surface area contributed by atoms with Gasteiger partial charge in [-0.15, -0.1) is 0 Å². The summed E-state index contributed by atoms with van der Waals surface area (Å²) in [5.74, 6) is 1.41. The normalized spacial score (nSPS) is 10.9. The summed E-state index contributed by atoms with van der Waals surface area (Å²) in [6.07, 6.45) is 0. The minimum Gasteiger partial charge on any atom is -0.484 e. The van der Waals surface area contributed by atoms with E-state index < -0.39 is 0 Å². The Hall–Kier alpha value is -2.29. The van der Waals surface area contributed by atoms with E-state index in [-0.39, 0.29) is 12.5 Å². The van der Waals surface area contributed by atoms with E-state index in [2.05, 4.69) is 33.0 Å². The van der Waals surface area contributed by atoms with E-state index in [0.717, 1.165) is 11.3 Å². The summed E-state index contributed by atoms with van der Waals surface area (Å²) in [5.41, 5.74) is 3.24. The van der Waals surface area contributed by atoms with Gasteiger partial charge in [-0.2, -0.15) is 0 Å². The Balaban J connectivity index is 1.93. The number of benzene rings is 2. The second-order valence-electron chi connectivity index (χ2n) is 6.30. The molecule has 0 aliphatic heterocycles. The lowest BCUT2D eigenvalue weighted by molar-refractivity contribution is -0.118. The second-order valence-corrected chi connectivity index (χ2v) is 6.30. The molecular weight excluding hydrogens is 286 g/mol. The molecule has 1 N–H and O–H groups in total. The summed E-state index contributed by atoms with van der Waals surface area (Å²) in [6, 6.07) is 15.7. The highest BCUT2D eigenvalue weighted by Gasteiger charge is 2.09. The van der Waals surface area contributed by atoms with Crippen molar-refractivity contribution in [1.29, 1.82) is 0 Å². The predicted octanol–water partition coefficient (Wildman–Crippen LogP) is 4.95. The van der Waals surface area contributed by atoms with Crippen molar-refractivity contribution in [3.05, 3.63) is 59.7 Å². The molecule has 0 heterocycles. The molecule has 0 aliphatic carbocycles. The van der Waals surface area contributed by atoms with Gasteiger partial charge < -0.3 is 10.1 Å². The van der Waals surface area contributed by atoms with E-state index in [1.54, 1.807) is 0 Å². The molecule has 2 rings (SSSR count). The maximum Gasteiger partial charge on any atom is 0.262 e. The van der Waals surface area contributed by atoms with Gasteiger partial charge in [-0.3, -0.25) is 4.79 Å². The van der Waals surface area contributed by atoms with Crippen LogP contribution in [0.25, 0.3) is 0 Å². The Morgan fingerprint density at radius 1 is 0.957 bits per heavy atom. The molecule has 0 spiro atoms. The molecule has 0 unspecified atom stereocenters. The number of rotatable bonds is 6. The molecule has 3 heteroatoms. The van der Waals surface area contributed by atoms with Crippen LogP contribution in [0.4, 0.5) is 5.69 Å². The average Bonchev–Trinajstić information content (AvgIpc) is 2.53. The third-order valence-electron chi connectivity index (χ3n) is 3.77. The highest BCUT2D eigenvalue weighted by Crippen LogP contribution is 2.23. The average molecular weight is 311 g/mol. The van der Waals surface area contributed by atoms with E-state index >= 15 is 0 Å². The van der Waals surface area contributed by atoms with Crippen molar-refractivity contribution in [2.24, 2.45) is 0 Å². The van der Waals surface area contributed by atoms with Crippen molar-refractivity contribution in [2.75, 3.05) is 11.9 Å². The van der Waals surface area contributed by atoms with Crippen molar-refractivity contribution in [3.63, 3.8) is 0 Å². The van der Waals surface area contributed by atoms with Crippen molar-refractivity contribution < 1.29 is 9.53 Å². The molecule has 2 aromatic carbocycles. The van der Waals surface area contributed by atoms with Crippen molar-refractivity contribution in [2.45, 2.75) is 39.5 Å². The number of hydrogen-bond acceptors (Lipinski definition) is 2. The monoisotopic (exact) mass is 311 g/mol. The lowest BCUT2D eigenvalue weighted by Crippen LogP contribution is -2.21. The van der Waals surface area contributed by atoms with Gasteiger partial charge >= 0.3 is 0 Å². The standard InChI is InChI=1S/C20H25NO2/c1-14(2)16-9-11-17(12-10-16)23-13-20(22)21-19-8-6-5-7-18(19)15(3)4/h5-12,14-15H,13H2,1-4H3,(H,21,22). The van der Waals surface area contributed by atoms with Gasteiger partial charge in [0, 0.05) is 5.69 Å². The summed E-state index contributed by atoms with van der Waals surface area (Å²) in [6.45, 7) is 8.52. The first-order valence-corrected chi connectivity index (χ1v) is 8.09.